The van der Waals surface area contributed by atoms with E-state index in [0.29, 0.717) is 17.9 Å². The van der Waals surface area contributed by atoms with Crippen molar-refractivity contribution in [1.29, 1.82) is 0 Å². The number of ether oxygens (including phenoxy) is 1. The highest BCUT2D eigenvalue weighted by Crippen LogP contribution is 2.32. The van der Waals surface area contributed by atoms with Gasteiger partial charge < -0.3 is 14.3 Å². The standard InChI is InChI=1S/C24H22N8O2/c1-3-34-24(33)31-23-29-20-12-17(11-19(21(20)30-23)22-26-7-4-8-27-22)16-5-6-18(28-13-16)14-32-10-9-25-15(32)2/h4-13H,3,14H2,1-2H3,(H2,29,30,31,33). The number of nitrogens with one attached hydrogen (secondary N) is 2. The van der Waals surface area contributed by atoms with Crippen LogP contribution in [0, 0.1) is 6.92 Å². The maximum atomic E-state index is 11.9. The van der Waals surface area contributed by atoms with Crippen molar-refractivity contribution in [3.63, 3.8) is 0 Å². The number of aryl methyl sites for hydroxylation is 1. The Morgan fingerprint density at radius 2 is 1.94 bits per heavy atom. The summed E-state index contributed by atoms with van der Waals surface area (Å²) in [5.41, 5.74) is 4.88. The van der Waals surface area contributed by atoms with Gasteiger partial charge in [0, 0.05) is 42.1 Å². The molecule has 0 bridgehead atoms. The zero-order chi connectivity index (χ0) is 23.5. The Morgan fingerprint density at radius 1 is 1.09 bits per heavy atom. The van der Waals surface area contributed by atoms with E-state index in [4.69, 9.17) is 4.74 Å². The van der Waals surface area contributed by atoms with Gasteiger partial charge in [0.05, 0.1) is 24.4 Å². The molecule has 0 spiro atoms. The smallest absolute Gasteiger partial charge is 0.413 e. The lowest BCUT2D eigenvalue weighted by Crippen LogP contribution is -2.14. The van der Waals surface area contributed by atoms with E-state index in [1.165, 1.54) is 0 Å². The second-order valence-electron chi connectivity index (χ2n) is 7.56. The van der Waals surface area contributed by atoms with Crippen molar-refractivity contribution in [1.82, 2.24) is 34.5 Å². The Bertz CT molecular complexity index is 1440. The number of H-pyrrole nitrogens is 1. The molecule has 0 fully saturated rings. The number of rotatable bonds is 6. The number of fused-ring (bicyclic) bond motifs is 1. The van der Waals surface area contributed by atoms with Crippen LogP contribution in [-0.2, 0) is 11.3 Å². The molecule has 5 aromatic rings. The van der Waals surface area contributed by atoms with Gasteiger partial charge in [-0.15, -0.1) is 0 Å². The minimum Gasteiger partial charge on any atom is -0.450 e. The van der Waals surface area contributed by atoms with Crippen LogP contribution in [0.15, 0.2) is 61.3 Å². The van der Waals surface area contributed by atoms with E-state index in [2.05, 4.69) is 35.2 Å². The van der Waals surface area contributed by atoms with Crippen molar-refractivity contribution >= 4 is 23.1 Å². The van der Waals surface area contributed by atoms with Crippen LogP contribution < -0.4 is 5.32 Å². The largest absolute Gasteiger partial charge is 0.450 e. The SMILES string of the molecule is CCOC(=O)Nc1nc2c(-c3ncccn3)cc(-c3ccc(Cn4ccnc4C)nc3)cc2[nH]1. The van der Waals surface area contributed by atoms with Crippen molar-refractivity contribution in [2.75, 3.05) is 11.9 Å². The molecule has 4 heterocycles. The van der Waals surface area contributed by atoms with E-state index in [9.17, 15) is 4.79 Å². The fraction of sp³-hybridized carbons (Fsp3) is 0.167. The first-order chi connectivity index (χ1) is 16.6. The first kappa shape index (κ1) is 21.3. The third-order valence-electron chi connectivity index (χ3n) is 5.30. The summed E-state index contributed by atoms with van der Waals surface area (Å²) in [6, 6.07) is 9.72. The average molecular weight is 454 g/mol. The van der Waals surface area contributed by atoms with E-state index in [-0.39, 0.29) is 12.6 Å². The van der Waals surface area contributed by atoms with Gasteiger partial charge in [0.15, 0.2) is 5.82 Å². The van der Waals surface area contributed by atoms with Crippen molar-refractivity contribution in [2.24, 2.45) is 0 Å². The summed E-state index contributed by atoms with van der Waals surface area (Å²) in [7, 11) is 0. The summed E-state index contributed by atoms with van der Waals surface area (Å²) < 4.78 is 7.00. The first-order valence-electron chi connectivity index (χ1n) is 10.8. The highest BCUT2D eigenvalue weighted by atomic mass is 16.5. The fourth-order valence-electron chi connectivity index (χ4n) is 3.65. The van der Waals surface area contributed by atoms with Crippen molar-refractivity contribution in [3.05, 3.63) is 72.8 Å². The molecule has 0 saturated carbocycles. The summed E-state index contributed by atoms with van der Waals surface area (Å²) in [5.74, 6) is 1.76. The number of hydrogen-bond donors (Lipinski definition) is 2. The van der Waals surface area contributed by atoms with Gasteiger partial charge >= 0.3 is 6.09 Å². The zero-order valence-electron chi connectivity index (χ0n) is 18.7. The molecule has 1 aromatic carbocycles. The maximum Gasteiger partial charge on any atom is 0.413 e. The molecule has 0 atom stereocenters. The van der Waals surface area contributed by atoms with Gasteiger partial charge in [0.25, 0.3) is 0 Å². The monoisotopic (exact) mass is 454 g/mol. The lowest BCUT2D eigenvalue weighted by Gasteiger charge is -2.08. The molecular formula is C24H22N8O2. The number of benzene rings is 1. The number of anilines is 1. The molecule has 0 radical (unpaired) electrons. The highest BCUT2D eigenvalue weighted by molar-refractivity contribution is 5.96. The first-order valence-corrected chi connectivity index (χ1v) is 10.8. The predicted molar refractivity (Wildman–Crippen MR) is 127 cm³/mol. The van der Waals surface area contributed by atoms with Gasteiger partial charge in [0.1, 0.15) is 11.3 Å². The highest BCUT2D eigenvalue weighted by Gasteiger charge is 2.16. The van der Waals surface area contributed by atoms with E-state index in [0.717, 1.165) is 33.7 Å². The lowest BCUT2D eigenvalue weighted by atomic mass is 10.0. The minimum atomic E-state index is -0.577. The summed E-state index contributed by atoms with van der Waals surface area (Å²) in [5, 5.41) is 2.61. The second-order valence-corrected chi connectivity index (χ2v) is 7.56. The van der Waals surface area contributed by atoms with Crippen LogP contribution in [0.2, 0.25) is 0 Å². The summed E-state index contributed by atoms with van der Waals surface area (Å²) in [4.78, 5) is 37.2. The van der Waals surface area contributed by atoms with Gasteiger partial charge in [-0.05, 0) is 43.7 Å². The molecule has 0 saturated heterocycles. The summed E-state index contributed by atoms with van der Waals surface area (Å²) in [6.45, 7) is 4.62. The van der Waals surface area contributed by atoms with Gasteiger partial charge in [-0.25, -0.2) is 24.7 Å². The molecule has 0 unspecified atom stereocenters. The molecule has 2 N–H and O–H groups in total. The van der Waals surface area contributed by atoms with Crippen LogP contribution in [0.5, 0.6) is 0 Å². The molecule has 5 rings (SSSR count). The predicted octanol–water partition coefficient (Wildman–Crippen LogP) is 4.20. The number of nitrogens with zero attached hydrogens (tertiary/aromatic N) is 6. The molecule has 10 heteroatoms. The number of aromatic amines is 1. The Hall–Kier alpha value is -4.60. The maximum absolute atomic E-state index is 11.9. The molecule has 4 aromatic heterocycles. The number of carbonyl (C=O) groups is 1. The minimum absolute atomic E-state index is 0.267. The van der Waals surface area contributed by atoms with Gasteiger partial charge in [-0.1, -0.05) is 6.07 Å². The second kappa shape index (κ2) is 9.10. The van der Waals surface area contributed by atoms with Crippen molar-refractivity contribution < 1.29 is 9.53 Å². The molecular weight excluding hydrogens is 432 g/mol. The van der Waals surface area contributed by atoms with Gasteiger partial charge in [-0.3, -0.25) is 10.3 Å². The topological polar surface area (TPSA) is 124 Å². The quantitative estimate of drug-likeness (QED) is 0.394. The van der Waals surface area contributed by atoms with E-state index in [1.54, 1.807) is 31.6 Å². The summed E-state index contributed by atoms with van der Waals surface area (Å²) in [6.07, 6.45) is 8.34. The number of amides is 1. The van der Waals surface area contributed by atoms with Crippen molar-refractivity contribution in [2.45, 2.75) is 20.4 Å². The molecule has 170 valence electrons. The number of hydrogen-bond acceptors (Lipinski definition) is 7. The molecule has 0 aliphatic heterocycles. The van der Waals surface area contributed by atoms with E-state index < -0.39 is 6.09 Å². The van der Waals surface area contributed by atoms with E-state index >= 15 is 0 Å². The fourth-order valence-corrected chi connectivity index (χ4v) is 3.65. The lowest BCUT2D eigenvalue weighted by molar-refractivity contribution is 0.167. The Kier molecular flexibility index (Phi) is 5.69. The average Bonchev–Trinajstić information content (AvgIpc) is 3.44. The molecule has 34 heavy (non-hydrogen) atoms. The zero-order valence-corrected chi connectivity index (χ0v) is 18.7. The van der Waals surface area contributed by atoms with E-state index in [1.807, 2.05) is 48.1 Å². The van der Waals surface area contributed by atoms with Crippen LogP contribution in [-0.4, -0.2) is 47.2 Å². The van der Waals surface area contributed by atoms with Crippen LogP contribution in [0.4, 0.5) is 10.7 Å². The number of carbonyl (C=O) groups excluding carboxylic acids is 1. The third kappa shape index (κ3) is 4.33. The van der Waals surface area contributed by atoms with Crippen LogP contribution in [0.25, 0.3) is 33.5 Å². The normalized spacial score (nSPS) is 11.0. The number of aromatic nitrogens is 7. The Morgan fingerprint density at radius 3 is 2.65 bits per heavy atom. The molecule has 0 aliphatic rings. The van der Waals surface area contributed by atoms with Gasteiger partial charge in [-0.2, -0.15) is 0 Å². The summed E-state index contributed by atoms with van der Waals surface area (Å²) >= 11 is 0. The Labute approximate surface area is 195 Å². The third-order valence-corrected chi connectivity index (χ3v) is 5.30. The molecule has 1 amide bonds. The molecule has 10 nitrogen and oxygen atoms in total. The van der Waals surface area contributed by atoms with Crippen LogP contribution in [0.3, 0.4) is 0 Å². The Balaban J connectivity index is 1.53. The number of imidazole rings is 2. The van der Waals surface area contributed by atoms with Gasteiger partial charge in [0.2, 0.25) is 5.95 Å². The number of pyridine rings is 1. The van der Waals surface area contributed by atoms with Crippen molar-refractivity contribution in [3.8, 4) is 22.5 Å². The van der Waals surface area contributed by atoms with Crippen LogP contribution >= 0.6 is 0 Å². The van der Waals surface area contributed by atoms with Crippen LogP contribution in [0.1, 0.15) is 18.4 Å². The molecule has 0 aliphatic carbocycles.